The quantitative estimate of drug-likeness (QED) is 0.401. The van der Waals surface area contributed by atoms with Crippen LogP contribution in [-0.4, -0.2) is 59.9 Å². The van der Waals surface area contributed by atoms with Crippen molar-refractivity contribution in [1.82, 2.24) is 34.7 Å². The Bertz CT molecular complexity index is 1350. The van der Waals surface area contributed by atoms with E-state index in [1.807, 2.05) is 44.4 Å². The Kier molecular flexibility index (Phi) is 6.38. The molecule has 0 atom stereocenters. The van der Waals surface area contributed by atoms with Crippen LogP contribution in [0, 0.1) is 5.82 Å². The lowest BCUT2D eigenvalue weighted by molar-refractivity contribution is 0.0692. The van der Waals surface area contributed by atoms with Crippen molar-refractivity contribution in [3.8, 4) is 5.69 Å². The number of aromatic nitrogens is 6. The molecule has 1 aliphatic heterocycles. The van der Waals surface area contributed by atoms with Crippen LogP contribution in [0.2, 0.25) is 5.02 Å². The van der Waals surface area contributed by atoms with E-state index >= 15 is 4.39 Å². The van der Waals surface area contributed by atoms with Gasteiger partial charge in [0.2, 0.25) is 0 Å². The molecule has 4 heterocycles. The third-order valence-electron chi connectivity index (χ3n) is 6.23. The van der Waals surface area contributed by atoms with E-state index < -0.39 is 0 Å². The van der Waals surface area contributed by atoms with Crippen molar-refractivity contribution >= 4 is 28.6 Å². The van der Waals surface area contributed by atoms with Gasteiger partial charge in [-0.3, -0.25) is 4.98 Å². The molecule has 35 heavy (non-hydrogen) atoms. The van der Waals surface area contributed by atoms with E-state index in [1.165, 1.54) is 17.1 Å². The average molecular weight is 498 g/mol. The molecular weight excluding hydrogens is 473 g/mol. The van der Waals surface area contributed by atoms with Gasteiger partial charge in [-0.2, -0.15) is 0 Å². The molecule has 5 rings (SSSR count). The zero-order chi connectivity index (χ0) is 24.5. The van der Waals surface area contributed by atoms with Crippen LogP contribution in [0.25, 0.3) is 16.6 Å². The number of halogens is 2. The summed E-state index contributed by atoms with van der Waals surface area (Å²) in [7, 11) is 0. The number of tetrazole rings is 1. The lowest BCUT2D eigenvalue weighted by Gasteiger charge is -2.32. The molecule has 3 aromatic heterocycles. The molecule has 9 nitrogen and oxygen atoms in total. The minimum atomic E-state index is -0.381. The first-order valence-corrected chi connectivity index (χ1v) is 11.9. The first-order valence-electron chi connectivity index (χ1n) is 11.5. The first-order chi connectivity index (χ1) is 16.9. The largest absolute Gasteiger partial charge is 0.447 e. The molecule has 1 aliphatic rings. The van der Waals surface area contributed by atoms with Gasteiger partial charge in [0, 0.05) is 36.9 Å². The van der Waals surface area contributed by atoms with Gasteiger partial charge in [-0.25, -0.2) is 13.9 Å². The fourth-order valence-electron chi connectivity index (χ4n) is 4.48. The Morgan fingerprint density at radius 1 is 1.26 bits per heavy atom. The molecule has 0 N–H and O–H groups in total. The highest BCUT2D eigenvalue weighted by Crippen LogP contribution is 2.31. The van der Waals surface area contributed by atoms with Crippen LogP contribution in [-0.2, 0) is 11.3 Å². The molecule has 1 amide bonds. The van der Waals surface area contributed by atoms with Crippen molar-refractivity contribution in [2.75, 3.05) is 13.1 Å². The number of rotatable bonds is 5. The van der Waals surface area contributed by atoms with Gasteiger partial charge in [0.15, 0.2) is 0 Å². The molecule has 11 heteroatoms. The third kappa shape index (κ3) is 4.84. The molecule has 1 saturated heterocycles. The van der Waals surface area contributed by atoms with Crippen LogP contribution in [0.5, 0.6) is 0 Å². The lowest BCUT2D eigenvalue weighted by atomic mass is 9.90. The standard InChI is InChI=1S/C24H25ClFN7O2/c1-15(2)35-24(34)31-6-3-16(4-7-31)18-10-20(25)22(27-12-18)13-32-8-5-17-9-19(11-21(26)23(17)32)33-14-28-29-30-33/h5,8-12,14-16H,3-4,6-7,13H2,1-2H3. The van der Waals surface area contributed by atoms with Crippen molar-refractivity contribution in [3.63, 3.8) is 0 Å². The number of carbonyl (C=O) groups is 1. The van der Waals surface area contributed by atoms with E-state index in [0.29, 0.717) is 41.6 Å². The van der Waals surface area contributed by atoms with E-state index in [2.05, 4.69) is 20.5 Å². The normalized spacial score (nSPS) is 14.7. The Balaban J connectivity index is 1.30. The van der Waals surface area contributed by atoms with Gasteiger partial charge in [-0.1, -0.05) is 11.6 Å². The number of hydrogen-bond donors (Lipinski definition) is 0. The van der Waals surface area contributed by atoms with Gasteiger partial charge in [-0.05, 0) is 66.8 Å². The second kappa shape index (κ2) is 9.61. The van der Waals surface area contributed by atoms with Crippen LogP contribution in [0.4, 0.5) is 9.18 Å². The van der Waals surface area contributed by atoms with Crippen molar-refractivity contribution < 1.29 is 13.9 Å². The Morgan fingerprint density at radius 2 is 2.06 bits per heavy atom. The number of hydrogen-bond acceptors (Lipinski definition) is 6. The zero-order valence-electron chi connectivity index (χ0n) is 19.4. The average Bonchev–Trinajstić information content (AvgIpc) is 3.51. The summed E-state index contributed by atoms with van der Waals surface area (Å²) in [6.45, 7) is 5.30. The summed E-state index contributed by atoms with van der Waals surface area (Å²) in [5.41, 5.74) is 2.71. The molecule has 182 valence electrons. The summed E-state index contributed by atoms with van der Waals surface area (Å²) in [4.78, 5) is 18.5. The minimum Gasteiger partial charge on any atom is -0.447 e. The third-order valence-corrected chi connectivity index (χ3v) is 6.56. The highest BCUT2D eigenvalue weighted by atomic mass is 35.5. The molecule has 0 spiro atoms. The van der Waals surface area contributed by atoms with Crippen molar-refractivity contribution in [3.05, 3.63) is 65.1 Å². The second-order valence-corrected chi connectivity index (χ2v) is 9.36. The van der Waals surface area contributed by atoms with Crippen LogP contribution in [0.3, 0.4) is 0 Å². The van der Waals surface area contributed by atoms with E-state index in [9.17, 15) is 4.79 Å². The van der Waals surface area contributed by atoms with Crippen molar-refractivity contribution in [2.45, 2.75) is 45.3 Å². The maximum atomic E-state index is 15.0. The number of piperidine rings is 1. The summed E-state index contributed by atoms with van der Waals surface area (Å²) >= 11 is 6.61. The fraction of sp³-hybridized carbons (Fsp3) is 0.375. The van der Waals surface area contributed by atoms with Gasteiger partial charge in [0.05, 0.1) is 34.6 Å². The van der Waals surface area contributed by atoms with Gasteiger partial charge >= 0.3 is 6.09 Å². The van der Waals surface area contributed by atoms with Gasteiger partial charge in [0.25, 0.3) is 0 Å². The van der Waals surface area contributed by atoms with Gasteiger partial charge in [0.1, 0.15) is 12.1 Å². The summed E-state index contributed by atoms with van der Waals surface area (Å²) in [5, 5.41) is 12.3. The predicted octanol–water partition coefficient (Wildman–Crippen LogP) is 4.58. The Labute approximate surface area is 206 Å². The lowest BCUT2D eigenvalue weighted by Crippen LogP contribution is -2.39. The molecule has 0 radical (unpaired) electrons. The molecular formula is C24H25ClFN7O2. The second-order valence-electron chi connectivity index (χ2n) is 8.95. The summed E-state index contributed by atoms with van der Waals surface area (Å²) in [6.07, 6.45) is 6.32. The van der Waals surface area contributed by atoms with E-state index in [4.69, 9.17) is 16.3 Å². The van der Waals surface area contributed by atoms with E-state index in [0.717, 1.165) is 23.8 Å². The van der Waals surface area contributed by atoms with Crippen LogP contribution in [0.1, 0.15) is 43.9 Å². The molecule has 4 aromatic rings. The molecule has 1 aromatic carbocycles. The molecule has 0 aliphatic carbocycles. The maximum Gasteiger partial charge on any atom is 0.410 e. The summed E-state index contributed by atoms with van der Waals surface area (Å²) < 4.78 is 23.5. The van der Waals surface area contributed by atoms with Crippen molar-refractivity contribution in [1.29, 1.82) is 0 Å². The van der Waals surface area contributed by atoms with Crippen molar-refractivity contribution in [2.24, 2.45) is 0 Å². The summed E-state index contributed by atoms with van der Waals surface area (Å²) in [6, 6.07) is 7.00. The number of ether oxygens (including phenoxy) is 1. The predicted molar refractivity (Wildman–Crippen MR) is 128 cm³/mol. The SMILES string of the molecule is CC(C)OC(=O)N1CCC(c2cnc(Cn3ccc4cc(-n5cnnn5)cc(F)c43)c(Cl)c2)CC1. The molecule has 1 fully saturated rings. The number of fused-ring (bicyclic) bond motifs is 1. The Hall–Kier alpha value is -3.53. The van der Waals surface area contributed by atoms with E-state index in [1.54, 1.807) is 9.47 Å². The van der Waals surface area contributed by atoms with Gasteiger partial charge < -0.3 is 14.2 Å². The minimum absolute atomic E-state index is 0.130. The number of nitrogens with zero attached hydrogens (tertiary/aromatic N) is 7. The highest BCUT2D eigenvalue weighted by molar-refractivity contribution is 6.31. The van der Waals surface area contributed by atoms with Crippen LogP contribution < -0.4 is 0 Å². The van der Waals surface area contributed by atoms with Gasteiger partial charge in [-0.15, -0.1) is 5.10 Å². The van der Waals surface area contributed by atoms with E-state index in [-0.39, 0.29) is 23.9 Å². The monoisotopic (exact) mass is 497 g/mol. The van der Waals surface area contributed by atoms with Crippen LogP contribution in [0.15, 0.2) is 43.0 Å². The number of pyridine rings is 1. The Morgan fingerprint density at radius 3 is 2.74 bits per heavy atom. The highest BCUT2D eigenvalue weighted by Gasteiger charge is 2.26. The first kappa shape index (κ1) is 23.2. The number of amides is 1. The number of benzene rings is 1. The smallest absolute Gasteiger partial charge is 0.410 e. The summed E-state index contributed by atoms with van der Waals surface area (Å²) in [5.74, 6) is -0.111. The number of likely N-dealkylation sites (tertiary alicyclic amines) is 1. The maximum absolute atomic E-state index is 15.0. The van der Waals surface area contributed by atoms with Crippen LogP contribution >= 0.6 is 11.6 Å². The topological polar surface area (TPSA) is 91.0 Å². The fourth-order valence-corrected chi connectivity index (χ4v) is 4.71. The zero-order valence-corrected chi connectivity index (χ0v) is 20.2. The molecule has 0 bridgehead atoms. The number of carbonyl (C=O) groups excluding carboxylic acids is 1. The molecule has 0 unspecified atom stereocenters. The molecule has 0 saturated carbocycles.